The number of halogens is 6. The molecule has 1 atom stereocenters. The molecule has 1 aromatic rings. The van der Waals surface area contributed by atoms with Crippen molar-refractivity contribution in [3.63, 3.8) is 0 Å². The summed E-state index contributed by atoms with van der Waals surface area (Å²) in [6.07, 6.45) is -7.24. The van der Waals surface area contributed by atoms with Gasteiger partial charge in [-0.2, -0.15) is 0 Å². The molecule has 0 saturated heterocycles. The van der Waals surface area contributed by atoms with E-state index in [1.807, 2.05) is 0 Å². The van der Waals surface area contributed by atoms with Gasteiger partial charge in [0.05, 0.1) is 11.1 Å². The summed E-state index contributed by atoms with van der Waals surface area (Å²) in [5, 5.41) is 9.05. The molecule has 0 aromatic heterocycles. The first-order valence-electron chi connectivity index (χ1n) is 4.53. The van der Waals surface area contributed by atoms with Crippen LogP contribution in [0.1, 0.15) is 18.1 Å². The van der Waals surface area contributed by atoms with Gasteiger partial charge in [0.15, 0.2) is 0 Å². The first-order chi connectivity index (χ1) is 7.74. The average molecular weight is 275 g/mol. The molecule has 1 nitrogen and oxygen atoms in total. The Morgan fingerprint density at radius 3 is 2.35 bits per heavy atom. The highest BCUT2D eigenvalue weighted by atomic mass is 35.5. The minimum atomic E-state index is -4.32. The van der Waals surface area contributed by atoms with Gasteiger partial charge in [-0.1, -0.05) is 17.7 Å². The lowest BCUT2D eigenvalue weighted by molar-refractivity contribution is -0.149. The summed E-state index contributed by atoms with van der Waals surface area (Å²) in [7, 11) is 0. The number of hydrogen-bond acceptors (Lipinski definition) is 1. The van der Waals surface area contributed by atoms with Crippen LogP contribution in [-0.4, -0.2) is 17.5 Å². The summed E-state index contributed by atoms with van der Waals surface area (Å²) in [6.45, 7) is 0. The molecule has 0 aliphatic carbocycles. The van der Waals surface area contributed by atoms with Gasteiger partial charge >= 0.3 is 12.3 Å². The summed E-state index contributed by atoms with van der Waals surface area (Å²) in [5.41, 5.74) is -0.229. The summed E-state index contributed by atoms with van der Waals surface area (Å²) in [5.74, 6) is -5.24. The van der Waals surface area contributed by atoms with Crippen molar-refractivity contribution in [2.75, 3.05) is 0 Å². The van der Waals surface area contributed by atoms with Crippen LogP contribution in [0.4, 0.5) is 22.0 Å². The largest absolute Gasteiger partial charge is 0.388 e. The Labute approximate surface area is 98.8 Å². The van der Waals surface area contributed by atoms with Crippen molar-refractivity contribution < 1.29 is 27.1 Å². The van der Waals surface area contributed by atoms with E-state index in [0.717, 1.165) is 18.2 Å². The van der Waals surface area contributed by atoms with Crippen LogP contribution >= 0.6 is 11.6 Å². The second-order valence-electron chi connectivity index (χ2n) is 3.46. The molecule has 0 aliphatic heterocycles. The van der Waals surface area contributed by atoms with Crippen LogP contribution in [-0.2, 0) is 0 Å². The van der Waals surface area contributed by atoms with E-state index in [9.17, 15) is 27.1 Å². The zero-order valence-electron chi connectivity index (χ0n) is 8.31. The summed E-state index contributed by atoms with van der Waals surface area (Å²) < 4.78 is 62.0. The topological polar surface area (TPSA) is 20.2 Å². The second kappa shape index (κ2) is 5.18. The van der Waals surface area contributed by atoms with Crippen LogP contribution < -0.4 is 0 Å². The predicted molar refractivity (Wildman–Crippen MR) is 51.9 cm³/mol. The van der Waals surface area contributed by atoms with Crippen molar-refractivity contribution in [1.82, 2.24) is 0 Å². The van der Waals surface area contributed by atoms with Gasteiger partial charge in [0.1, 0.15) is 5.82 Å². The van der Waals surface area contributed by atoms with E-state index in [0.29, 0.717) is 0 Å². The van der Waals surface area contributed by atoms with Crippen molar-refractivity contribution in [2.45, 2.75) is 24.9 Å². The summed E-state index contributed by atoms with van der Waals surface area (Å²) in [6, 6.07) is 2.88. The minimum Gasteiger partial charge on any atom is -0.388 e. The first-order valence-corrected chi connectivity index (χ1v) is 4.91. The Balaban J connectivity index is 2.83. The Hall–Kier alpha value is -0.880. The maximum absolute atomic E-state index is 13.0. The van der Waals surface area contributed by atoms with Crippen LogP contribution in [0.5, 0.6) is 0 Å². The molecule has 1 aromatic carbocycles. The smallest absolute Gasteiger partial charge is 0.310 e. The molecule has 0 radical (unpaired) electrons. The molecule has 1 N–H and O–H groups in total. The Bertz CT molecular complexity index is 396. The fourth-order valence-electron chi connectivity index (χ4n) is 1.18. The maximum Gasteiger partial charge on any atom is 0.310 e. The van der Waals surface area contributed by atoms with Crippen LogP contribution in [0.2, 0.25) is 5.02 Å². The number of aliphatic hydroxyl groups is 1. The first kappa shape index (κ1) is 14.2. The third-order valence-corrected chi connectivity index (χ3v) is 2.42. The van der Waals surface area contributed by atoms with Gasteiger partial charge < -0.3 is 5.11 Å². The molecule has 1 rings (SSSR count). The van der Waals surface area contributed by atoms with Gasteiger partial charge in [0.2, 0.25) is 0 Å². The molecular formula is C10H8ClF5O. The molecule has 0 spiro atoms. The maximum atomic E-state index is 13.0. The molecule has 1 unspecified atom stereocenters. The summed E-state index contributed by atoms with van der Waals surface area (Å²) in [4.78, 5) is 0. The number of aliphatic hydroxyl groups excluding tert-OH is 1. The SMILES string of the molecule is OC(CC(F)(F)C(F)F)c1ccc(Cl)c(F)c1. The fraction of sp³-hybridized carbons (Fsp3) is 0.400. The van der Waals surface area contributed by atoms with Crippen molar-refractivity contribution >= 4 is 11.6 Å². The zero-order chi connectivity index (χ0) is 13.2. The van der Waals surface area contributed by atoms with Gasteiger partial charge in [0, 0.05) is 6.42 Å². The lowest BCUT2D eigenvalue weighted by atomic mass is 10.0. The molecule has 96 valence electrons. The number of benzene rings is 1. The molecule has 0 aliphatic rings. The molecule has 0 fully saturated rings. The lowest BCUT2D eigenvalue weighted by Crippen LogP contribution is -2.28. The highest BCUT2D eigenvalue weighted by molar-refractivity contribution is 6.30. The van der Waals surface area contributed by atoms with Crippen molar-refractivity contribution in [2.24, 2.45) is 0 Å². The molecule has 0 bridgehead atoms. The van der Waals surface area contributed by atoms with Crippen LogP contribution in [0.25, 0.3) is 0 Å². The Morgan fingerprint density at radius 2 is 1.88 bits per heavy atom. The Kier molecular flexibility index (Phi) is 4.32. The second-order valence-corrected chi connectivity index (χ2v) is 3.86. The molecule has 0 saturated carbocycles. The fourth-order valence-corrected chi connectivity index (χ4v) is 1.30. The van der Waals surface area contributed by atoms with E-state index in [-0.39, 0.29) is 10.6 Å². The number of alkyl halides is 4. The van der Waals surface area contributed by atoms with Gasteiger partial charge in [-0.15, -0.1) is 0 Å². The van der Waals surface area contributed by atoms with E-state index in [4.69, 9.17) is 11.6 Å². The van der Waals surface area contributed by atoms with Crippen LogP contribution in [0.3, 0.4) is 0 Å². The standard InChI is InChI=1S/C10H8ClF5O/c11-6-2-1-5(3-7(6)12)8(17)4-10(15,16)9(13)14/h1-3,8-9,17H,4H2. The Morgan fingerprint density at radius 1 is 1.29 bits per heavy atom. The van der Waals surface area contributed by atoms with E-state index >= 15 is 0 Å². The number of rotatable bonds is 4. The van der Waals surface area contributed by atoms with Gasteiger partial charge in [-0.05, 0) is 17.7 Å². The van der Waals surface area contributed by atoms with E-state index in [1.54, 1.807) is 0 Å². The molecular weight excluding hydrogens is 267 g/mol. The molecule has 17 heavy (non-hydrogen) atoms. The summed E-state index contributed by atoms with van der Waals surface area (Å²) >= 11 is 5.34. The van der Waals surface area contributed by atoms with Crippen LogP contribution in [0.15, 0.2) is 18.2 Å². The number of hydrogen-bond donors (Lipinski definition) is 1. The van der Waals surface area contributed by atoms with Crippen LogP contribution in [0, 0.1) is 5.82 Å². The van der Waals surface area contributed by atoms with E-state index in [2.05, 4.69) is 0 Å². The van der Waals surface area contributed by atoms with Gasteiger partial charge in [-0.3, -0.25) is 0 Å². The van der Waals surface area contributed by atoms with E-state index in [1.165, 1.54) is 0 Å². The zero-order valence-corrected chi connectivity index (χ0v) is 9.06. The minimum absolute atomic E-state index is 0.229. The third-order valence-electron chi connectivity index (χ3n) is 2.11. The molecule has 0 heterocycles. The third kappa shape index (κ3) is 3.54. The normalized spacial score (nSPS) is 14.1. The lowest BCUT2D eigenvalue weighted by Gasteiger charge is -2.19. The monoisotopic (exact) mass is 274 g/mol. The van der Waals surface area contributed by atoms with Crippen molar-refractivity contribution in [1.29, 1.82) is 0 Å². The van der Waals surface area contributed by atoms with Crippen molar-refractivity contribution in [3.05, 3.63) is 34.6 Å². The van der Waals surface area contributed by atoms with E-state index < -0.39 is 30.7 Å². The highest BCUT2D eigenvalue weighted by Crippen LogP contribution is 2.33. The quantitative estimate of drug-likeness (QED) is 0.828. The van der Waals surface area contributed by atoms with Gasteiger partial charge in [0.25, 0.3) is 0 Å². The average Bonchev–Trinajstić information content (AvgIpc) is 2.21. The highest BCUT2D eigenvalue weighted by Gasteiger charge is 2.42. The molecule has 7 heteroatoms. The predicted octanol–water partition coefficient (Wildman–Crippen LogP) is 3.80. The van der Waals surface area contributed by atoms with Gasteiger partial charge in [-0.25, -0.2) is 22.0 Å². The molecule has 0 amide bonds. The van der Waals surface area contributed by atoms with Crippen molar-refractivity contribution in [3.8, 4) is 0 Å².